The SMILES string of the molecule is Cc1cc(N2CCC(N(C)C)C2)ccc1C#N. The second-order valence-electron chi connectivity index (χ2n) is 4.96. The van der Waals surface area contributed by atoms with E-state index >= 15 is 0 Å². The average Bonchev–Trinajstić information content (AvgIpc) is 2.78. The molecule has 0 radical (unpaired) electrons. The number of benzene rings is 1. The fourth-order valence-corrected chi connectivity index (χ4v) is 2.37. The van der Waals surface area contributed by atoms with Crippen molar-refractivity contribution < 1.29 is 0 Å². The van der Waals surface area contributed by atoms with Crippen molar-refractivity contribution in [3.8, 4) is 6.07 Å². The molecule has 1 heterocycles. The number of nitrogens with zero attached hydrogens (tertiary/aromatic N) is 3. The smallest absolute Gasteiger partial charge is 0.0994 e. The van der Waals surface area contributed by atoms with Crippen molar-refractivity contribution in [1.82, 2.24) is 4.90 Å². The average molecular weight is 229 g/mol. The molecule has 1 aromatic carbocycles. The second-order valence-corrected chi connectivity index (χ2v) is 4.96. The Morgan fingerprint density at radius 2 is 2.18 bits per heavy atom. The van der Waals surface area contributed by atoms with Crippen LogP contribution in [-0.4, -0.2) is 38.1 Å². The minimum atomic E-state index is 0.644. The van der Waals surface area contributed by atoms with Crippen LogP contribution in [0.25, 0.3) is 0 Å². The molecule has 1 aliphatic rings. The van der Waals surface area contributed by atoms with Crippen LogP contribution >= 0.6 is 0 Å². The summed E-state index contributed by atoms with van der Waals surface area (Å²) in [5.41, 5.74) is 3.08. The molecule has 1 atom stereocenters. The van der Waals surface area contributed by atoms with Gasteiger partial charge in [0, 0.05) is 24.8 Å². The van der Waals surface area contributed by atoms with Crippen LogP contribution in [0.15, 0.2) is 18.2 Å². The molecule has 1 saturated heterocycles. The first-order valence-corrected chi connectivity index (χ1v) is 6.04. The normalized spacial score (nSPS) is 19.7. The van der Waals surface area contributed by atoms with Crippen molar-refractivity contribution in [3.05, 3.63) is 29.3 Å². The second kappa shape index (κ2) is 4.77. The molecule has 1 aliphatic heterocycles. The number of nitriles is 1. The molecule has 0 amide bonds. The third-order valence-corrected chi connectivity index (χ3v) is 3.59. The van der Waals surface area contributed by atoms with E-state index in [9.17, 15) is 0 Å². The summed E-state index contributed by atoms with van der Waals surface area (Å²) in [6, 6.07) is 8.96. The van der Waals surface area contributed by atoms with E-state index in [0.717, 1.165) is 24.2 Å². The van der Waals surface area contributed by atoms with Gasteiger partial charge in [0.1, 0.15) is 0 Å². The van der Waals surface area contributed by atoms with E-state index < -0.39 is 0 Å². The molecule has 0 spiro atoms. The molecule has 0 saturated carbocycles. The van der Waals surface area contributed by atoms with Gasteiger partial charge in [0.25, 0.3) is 0 Å². The summed E-state index contributed by atoms with van der Waals surface area (Å²) in [5, 5.41) is 8.92. The summed E-state index contributed by atoms with van der Waals surface area (Å²) in [6.45, 7) is 4.19. The van der Waals surface area contributed by atoms with Crippen molar-refractivity contribution in [3.63, 3.8) is 0 Å². The Hall–Kier alpha value is -1.53. The number of likely N-dealkylation sites (N-methyl/N-ethyl adjacent to an activating group) is 1. The van der Waals surface area contributed by atoms with Gasteiger partial charge in [0.2, 0.25) is 0 Å². The van der Waals surface area contributed by atoms with Crippen LogP contribution in [0.1, 0.15) is 17.5 Å². The highest BCUT2D eigenvalue weighted by atomic mass is 15.2. The van der Waals surface area contributed by atoms with Gasteiger partial charge in [-0.25, -0.2) is 0 Å². The Morgan fingerprint density at radius 1 is 1.41 bits per heavy atom. The van der Waals surface area contributed by atoms with Crippen LogP contribution in [0, 0.1) is 18.3 Å². The minimum Gasteiger partial charge on any atom is -0.370 e. The lowest BCUT2D eigenvalue weighted by molar-refractivity contribution is 0.315. The fourth-order valence-electron chi connectivity index (χ4n) is 2.37. The molecule has 3 nitrogen and oxygen atoms in total. The molecule has 17 heavy (non-hydrogen) atoms. The zero-order valence-electron chi connectivity index (χ0n) is 10.8. The quantitative estimate of drug-likeness (QED) is 0.777. The summed E-state index contributed by atoms with van der Waals surface area (Å²) >= 11 is 0. The van der Waals surface area contributed by atoms with E-state index in [1.165, 1.54) is 12.1 Å². The lowest BCUT2D eigenvalue weighted by Gasteiger charge is -2.22. The van der Waals surface area contributed by atoms with Crippen LogP contribution in [0.5, 0.6) is 0 Å². The van der Waals surface area contributed by atoms with Gasteiger partial charge in [-0.3, -0.25) is 0 Å². The lowest BCUT2D eigenvalue weighted by Crippen LogP contribution is -2.31. The van der Waals surface area contributed by atoms with Crippen LogP contribution in [0.2, 0.25) is 0 Å². The van der Waals surface area contributed by atoms with E-state index in [1.807, 2.05) is 13.0 Å². The summed E-state index contributed by atoms with van der Waals surface area (Å²) in [7, 11) is 4.27. The first-order valence-electron chi connectivity index (χ1n) is 6.04. The number of rotatable bonds is 2. The molecule has 0 bridgehead atoms. The maximum atomic E-state index is 8.92. The molecule has 1 fully saturated rings. The molecular weight excluding hydrogens is 210 g/mol. The summed E-state index contributed by atoms with van der Waals surface area (Å²) in [4.78, 5) is 4.69. The van der Waals surface area contributed by atoms with Gasteiger partial charge in [-0.1, -0.05) is 0 Å². The number of hydrogen-bond acceptors (Lipinski definition) is 3. The Kier molecular flexibility index (Phi) is 3.35. The van der Waals surface area contributed by atoms with E-state index in [4.69, 9.17) is 5.26 Å². The number of hydrogen-bond donors (Lipinski definition) is 0. The van der Waals surface area contributed by atoms with Crippen LogP contribution in [0.3, 0.4) is 0 Å². The van der Waals surface area contributed by atoms with Crippen LogP contribution in [0.4, 0.5) is 5.69 Å². The van der Waals surface area contributed by atoms with Crippen LogP contribution in [-0.2, 0) is 0 Å². The molecule has 0 aliphatic carbocycles. The molecule has 90 valence electrons. The van der Waals surface area contributed by atoms with E-state index in [1.54, 1.807) is 0 Å². The Balaban J connectivity index is 2.15. The minimum absolute atomic E-state index is 0.644. The van der Waals surface area contributed by atoms with E-state index in [0.29, 0.717) is 6.04 Å². The molecule has 1 aromatic rings. The largest absolute Gasteiger partial charge is 0.370 e. The molecule has 0 N–H and O–H groups in total. The predicted octanol–water partition coefficient (Wildman–Crippen LogP) is 2.01. The summed E-state index contributed by atoms with van der Waals surface area (Å²) < 4.78 is 0. The van der Waals surface area contributed by atoms with Gasteiger partial charge in [0.05, 0.1) is 11.6 Å². The monoisotopic (exact) mass is 229 g/mol. The van der Waals surface area contributed by atoms with Gasteiger partial charge in [-0.2, -0.15) is 5.26 Å². The molecular formula is C14H19N3. The number of aryl methyl sites for hydroxylation is 1. The third kappa shape index (κ3) is 2.42. The van der Waals surface area contributed by atoms with E-state index in [2.05, 4.69) is 42.1 Å². The van der Waals surface area contributed by atoms with Crippen molar-refractivity contribution in [2.75, 3.05) is 32.1 Å². The molecule has 0 aromatic heterocycles. The maximum Gasteiger partial charge on any atom is 0.0994 e. The highest BCUT2D eigenvalue weighted by Crippen LogP contribution is 2.24. The molecule has 3 heteroatoms. The zero-order chi connectivity index (χ0) is 12.4. The Bertz CT molecular complexity index is 445. The molecule has 1 unspecified atom stereocenters. The Morgan fingerprint density at radius 3 is 2.71 bits per heavy atom. The van der Waals surface area contributed by atoms with Gasteiger partial charge >= 0.3 is 0 Å². The topological polar surface area (TPSA) is 30.3 Å². The van der Waals surface area contributed by atoms with Gasteiger partial charge in [-0.05, 0) is 51.2 Å². The lowest BCUT2D eigenvalue weighted by atomic mass is 10.1. The van der Waals surface area contributed by atoms with Crippen molar-refractivity contribution >= 4 is 5.69 Å². The summed E-state index contributed by atoms with van der Waals surface area (Å²) in [6.07, 6.45) is 1.21. The van der Waals surface area contributed by atoms with E-state index in [-0.39, 0.29) is 0 Å². The maximum absolute atomic E-state index is 8.92. The predicted molar refractivity (Wildman–Crippen MR) is 70.2 cm³/mol. The van der Waals surface area contributed by atoms with Gasteiger partial charge in [-0.15, -0.1) is 0 Å². The highest BCUT2D eigenvalue weighted by molar-refractivity contribution is 5.54. The van der Waals surface area contributed by atoms with Gasteiger partial charge < -0.3 is 9.80 Å². The standard InChI is InChI=1S/C14H19N3/c1-11-8-13(5-4-12(11)9-15)17-7-6-14(10-17)16(2)3/h4-5,8,14H,6-7,10H2,1-3H3. The first-order chi connectivity index (χ1) is 8.11. The fraction of sp³-hybridized carbons (Fsp3) is 0.500. The van der Waals surface area contributed by atoms with Crippen LogP contribution < -0.4 is 4.90 Å². The first kappa shape index (κ1) is 11.9. The zero-order valence-corrected chi connectivity index (χ0v) is 10.8. The number of anilines is 1. The van der Waals surface area contributed by atoms with Gasteiger partial charge in [0.15, 0.2) is 0 Å². The summed E-state index contributed by atoms with van der Waals surface area (Å²) in [5.74, 6) is 0. The third-order valence-electron chi connectivity index (χ3n) is 3.59. The molecule has 2 rings (SSSR count). The van der Waals surface area contributed by atoms with Crippen molar-refractivity contribution in [1.29, 1.82) is 5.26 Å². The van der Waals surface area contributed by atoms with Crippen molar-refractivity contribution in [2.24, 2.45) is 0 Å². The Labute approximate surface area is 103 Å². The highest BCUT2D eigenvalue weighted by Gasteiger charge is 2.24. The van der Waals surface area contributed by atoms with Crippen molar-refractivity contribution in [2.45, 2.75) is 19.4 Å².